The Bertz CT molecular complexity index is 1380. The fourth-order valence-corrected chi connectivity index (χ4v) is 5.98. The summed E-state index contributed by atoms with van der Waals surface area (Å²) in [6.07, 6.45) is 0.376. The molecule has 0 aliphatic carbocycles. The van der Waals surface area contributed by atoms with Gasteiger partial charge in [-0.3, -0.25) is 19.2 Å². The van der Waals surface area contributed by atoms with Crippen LogP contribution >= 0.6 is 0 Å². The van der Waals surface area contributed by atoms with Crippen molar-refractivity contribution >= 4 is 35.9 Å². The molecule has 15 heteroatoms. The van der Waals surface area contributed by atoms with Crippen LogP contribution < -0.4 is 27.0 Å². The molecule has 0 radical (unpaired) electrons. The molecule has 1 aliphatic rings. The molecule has 53 heavy (non-hydrogen) atoms. The molecule has 1 aromatic carbocycles. The quantitative estimate of drug-likeness (QED) is 0.127. The lowest BCUT2D eigenvalue weighted by Gasteiger charge is -2.42. The van der Waals surface area contributed by atoms with E-state index in [0.717, 1.165) is 5.56 Å². The van der Waals surface area contributed by atoms with Gasteiger partial charge in [-0.2, -0.15) is 0 Å². The van der Waals surface area contributed by atoms with Gasteiger partial charge in [-0.1, -0.05) is 44.2 Å². The van der Waals surface area contributed by atoms with Crippen molar-refractivity contribution in [1.82, 2.24) is 26.2 Å². The molecule has 0 bridgehead atoms. The average molecular weight is 747 g/mol. The van der Waals surface area contributed by atoms with Gasteiger partial charge in [0.15, 0.2) is 0 Å². The lowest BCUT2D eigenvalue weighted by molar-refractivity contribution is -0.141. The second kappa shape index (κ2) is 20.2. The summed E-state index contributed by atoms with van der Waals surface area (Å²) in [5.74, 6) is -2.49. The van der Waals surface area contributed by atoms with Crippen LogP contribution in [0.25, 0.3) is 0 Å². The number of hydrogen-bond donors (Lipinski definition) is 6. The summed E-state index contributed by atoms with van der Waals surface area (Å²) < 4.78 is 10.7. The number of likely N-dealkylation sites (tertiary alicyclic amines) is 1. The summed E-state index contributed by atoms with van der Waals surface area (Å²) in [4.78, 5) is 79.2. The number of piperidine rings is 1. The Balaban J connectivity index is 2.21. The van der Waals surface area contributed by atoms with Crippen LogP contribution in [-0.2, 0) is 35.1 Å². The van der Waals surface area contributed by atoms with Gasteiger partial charge in [-0.05, 0) is 98.0 Å². The number of benzene rings is 1. The smallest absolute Gasteiger partial charge is 0.408 e. The van der Waals surface area contributed by atoms with E-state index in [9.17, 15) is 33.9 Å². The van der Waals surface area contributed by atoms with Crippen LogP contribution in [0.1, 0.15) is 106 Å². The molecule has 1 aliphatic heterocycles. The first-order valence-corrected chi connectivity index (χ1v) is 18.5. The first kappa shape index (κ1) is 44.8. The van der Waals surface area contributed by atoms with E-state index in [2.05, 4.69) is 21.3 Å². The van der Waals surface area contributed by atoms with Gasteiger partial charge >= 0.3 is 18.2 Å². The second-order valence-electron chi connectivity index (χ2n) is 16.3. The number of hydrogen-bond acceptors (Lipinski definition) is 9. The Hall–Kier alpha value is -4.40. The second-order valence-corrected chi connectivity index (χ2v) is 16.3. The largest absolute Gasteiger partial charge is 0.481 e. The number of carbonyl (C=O) groups is 6. The number of amides is 5. The van der Waals surface area contributed by atoms with Crippen molar-refractivity contribution in [2.75, 3.05) is 19.6 Å². The molecule has 7 N–H and O–H groups in total. The zero-order valence-electron chi connectivity index (χ0n) is 32.7. The summed E-state index contributed by atoms with van der Waals surface area (Å²) in [6.45, 7) is 14.8. The van der Waals surface area contributed by atoms with Gasteiger partial charge in [0.05, 0.1) is 18.0 Å². The third-order valence-corrected chi connectivity index (χ3v) is 8.47. The molecule has 1 fully saturated rings. The van der Waals surface area contributed by atoms with Crippen molar-refractivity contribution in [3.63, 3.8) is 0 Å². The van der Waals surface area contributed by atoms with Crippen LogP contribution in [0.15, 0.2) is 30.3 Å². The van der Waals surface area contributed by atoms with Gasteiger partial charge in [0.1, 0.15) is 23.3 Å². The van der Waals surface area contributed by atoms with Crippen LogP contribution in [0.4, 0.5) is 9.59 Å². The van der Waals surface area contributed by atoms with Crippen LogP contribution in [0.5, 0.6) is 0 Å². The molecule has 298 valence electrons. The number of alkyl carbamates (subject to hydrolysis) is 2. The Morgan fingerprint density at radius 1 is 0.849 bits per heavy atom. The minimum absolute atomic E-state index is 0.0198. The molecule has 1 aromatic rings. The number of unbranched alkanes of at least 4 members (excludes halogenated alkanes) is 1. The lowest BCUT2D eigenvalue weighted by atomic mass is 9.84. The van der Waals surface area contributed by atoms with Crippen LogP contribution in [0.3, 0.4) is 0 Å². The Morgan fingerprint density at radius 2 is 1.42 bits per heavy atom. The topological polar surface area (TPSA) is 218 Å². The number of carboxylic acid groups (broad SMARTS) is 1. The molecule has 1 heterocycles. The molecule has 2 rings (SSSR count). The Morgan fingerprint density at radius 3 is 1.96 bits per heavy atom. The molecule has 5 amide bonds. The zero-order chi connectivity index (χ0) is 40.0. The van der Waals surface area contributed by atoms with Crippen molar-refractivity contribution in [3.8, 4) is 0 Å². The van der Waals surface area contributed by atoms with Crippen molar-refractivity contribution in [3.05, 3.63) is 35.9 Å². The minimum atomic E-state index is -1.14. The van der Waals surface area contributed by atoms with Gasteiger partial charge in [0.25, 0.3) is 0 Å². The first-order chi connectivity index (χ1) is 24.6. The van der Waals surface area contributed by atoms with E-state index >= 15 is 0 Å². The first-order valence-electron chi connectivity index (χ1n) is 18.5. The molecule has 0 saturated carbocycles. The van der Waals surface area contributed by atoms with Crippen LogP contribution in [0.2, 0.25) is 0 Å². The maximum Gasteiger partial charge on any atom is 0.408 e. The number of nitrogens with one attached hydrogen (secondary N) is 4. The van der Waals surface area contributed by atoms with Gasteiger partial charge in [-0.15, -0.1) is 0 Å². The van der Waals surface area contributed by atoms with E-state index in [0.29, 0.717) is 19.3 Å². The zero-order valence-corrected chi connectivity index (χ0v) is 32.7. The SMILES string of the molecule is CC(C)C[C@@H](NC(=O)[C@H](N)Cc1ccccc1)C(=O)N[C@H](CCCCNC(=O)OC(C)(C)C)C(=O)N1CCC(CC(=O)O)(NC(=O)OC(C)(C)C)CC1. The fourth-order valence-electron chi connectivity index (χ4n) is 5.98. The standard InChI is InChI=1S/C38H62N6O9/c1-25(2)22-29(42-31(47)27(39)23-26-14-10-9-11-15-26)32(48)41-28(16-12-13-19-40-34(50)52-36(3,4)5)33(49)44-20-17-38(18-21-44,24-30(45)46)43-35(51)53-37(6,7)8/h9-11,14-15,25,27-29H,12-13,16-24,39H2,1-8H3,(H,40,50)(H,41,48)(H,42,47)(H,43,51)(H,45,46)/t27-,28-,29-/m1/s1. The molecule has 1 saturated heterocycles. The number of nitrogens with two attached hydrogens (primary N) is 1. The monoisotopic (exact) mass is 746 g/mol. The highest BCUT2D eigenvalue weighted by molar-refractivity contribution is 5.93. The number of rotatable bonds is 17. The molecule has 0 aromatic heterocycles. The van der Waals surface area contributed by atoms with Crippen molar-refractivity contribution in [1.29, 1.82) is 0 Å². The summed E-state index contributed by atoms with van der Waals surface area (Å²) in [5, 5.41) is 20.8. The van der Waals surface area contributed by atoms with Crippen molar-refractivity contribution in [2.45, 2.75) is 142 Å². The van der Waals surface area contributed by atoms with Crippen LogP contribution in [0, 0.1) is 5.92 Å². The molecule has 15 nitrogen and oxygen atoms in total. The third kappa shape index (κ3) is 17.3. The number of aliphatic carboxylic acids is 1. The van der Waals surface area contributed by atoms with Gasteiger partial charge in [0.2, 0.25) is 17.7 Å². The van der Waals surface area contributed by atoms with Crippen molar-refractivity contribution < 1.29 is 43.3 Å². The minimum Gasteiger partial charge on any atom is -0.481 e. The Kier molecular flexibility index (Phi) is 17.0. The average Bonchev–Trinajstić information content (AvgIpc) is 3.01. The van der Waals surface area contributed by atoms with Gasteiger partial charge < -0.3 is 46.5 Å². The molecule has 0 unspecified atom stereocenters. The van der Waals surface area contributed by atoms with E-state index < -0.39 is 64.8 Å². The van der Waals surface area contributed by atoms with E-state index in [1.54, 1.807) is 46.4 Å². The predicted molar refractivity (Wildman–Crippen MR) is 200 cm³/mol. The maximum atomic E-state index is 14.1. The highest BCUT2D eigenvalue weighted by Gasteiger charge is 2.41. The fraction of sp³-hybridized carbons (Fsp3) is 0.684. The van der Waals surface area contributed by atoms with E-state index in [1.165, 1.54) is 0 Å². The summed E-state index contributed by atoms with van der Waals surface area (Å²) >= 11 is 0. The van der Waals surface area contributed by atoms with E-state index in [1.807, 2.05) is 44.2 Å². The highest BCUT2D eigenvalue weighted by atomic mass is 16.6. The van der Waals surface area contributed by atoms with Crippen molar-refractivity contribution in [2.24, 2.45) is 11.7 Å². The normalized spacial score (nSPS) is 16.1. The highest BCUT2D eigenvalue weighted by Crippen LogP contribution is 2.28. The van der Waals surface area contributed by atoms with E-state index in [-0.39, 0.29) is 63.6 Å². The lowest BCUT2D eigenvalue weighted by Crippen LogP contribution is -2.60. The molecular weight excluding hydrogens is 684 g/mol. The molecular formula is C38H62N6O9. The number of ether oxygens (including phenoxy) is 2. The summed E-state index contributed by atoms with van der Waals surface area (Å²) in [5.41, 5.74) is 4.52. The Labute approximate surface area is 313 Å². The summed E-state index contributed by atoms with van der Waals surface area (Å²) in [6, 6.07) is 6.45. The molecule has 3 atom stereocenters. The molecule has 0 spiro atoms. The van der Waals surface area contributed by atoms with E-state index in [4.69, 9.17) is 15.2 Å². The van der Waals surface area contributed by atoms with Gasteiger partial charge in [-0.25, -0.2) is 9.59 Å². The predicted octanol–water partition coefficient (Wildman–Crippen LogP) is 3.63. The number of carboxylic acids is 1. The number of nitrogens with zero attached hydrogens (tertiary/aromatic N) is 1. The maximum absolute atomic E-state index is 14.1. The number of carbonyl (C=O) groups excluding carboxylic acids is 5. The third-order valence-electron chi connectivity index (χ3n) is 8.47. The summed E-state index contributed by atoms with van der Waals surface area (Å²) in [7, 11) is 0. The van der Waals surface area contributed by atoms with Gasteiger partial charge in [0, 0.05) is 19.6 Å². The van der Waals surface area contributed by atoms with Crippen LogP contribution in [-0.4, -0.2) is 100 Å².